The van der Waals surface area contributed by atoms with Crippen LogP contribution in [0.15, 0.2) is 30.5 Å². The van der Waals surface area contributed by atoms with Crippen LogP contribution in [-0.4, -0.2) is 6.04 Å². The van der Waals surface area contributed by atoms with Gasteiger partial charge in [-0.2, -0.15) is 0 Å². The standard InChI is InChI=1S/C14H14FN.C2H6/c1-4-12-7-8-13(9-14(12)15)16-10(2)5-6-11(16)3;1-2/h1,7-9,11H,2,5-6H2,3H3;1-2H3. The number of hydrogen-bond donors (Lipinski definition) is 0. The summed E-state index contributed by atoms with van der Waals surface area (Å²) in [6.07, 6.45) is 7.23. The predicted octanol–water partition coefficient (Wildman–Crippen LogP) is 4.34. The van der Waals surface area contributed by atoms with Gasteiger partial charge in [0.05, 0.1) is 5.56 Å². The van der Waals surface area contributed by atoms with Crippen LogP contribution in [0.5, 0.6) is 0 Å². The Balaban J connectivity index is 0.000000771. The summed E-state index contributed by atoms with van der Waals surface area (Å²) < 4.78 is 13.6. The van der Waals surface area contributed by atoms with E-state index in [1.54, 1.807) is 6.07 Å². The van der Waals surface area contributed by atoms with Crippen molar-refractivity contribution in [2.75, 3.05) is 4.90 Å². The Hall–Kier alpha value is -1.75. The monoisotopic (exact) mass is 245 g/mol. The van der Waals surface area contributed by atoms with Gasteiger partial charge >= 0.3 is 0 Å². The van der Waals surface area contributed by atoms with Crippen LogP contribution in [-0.2, 0) is 0 Å². The molecule has 1 nitrogen and oxygen atoms in total. The van der Waals surface area contributed by atoms with E-state index in [1.807, 2.05) is 19.9 Å². The van der Waals surface area contributed by atoms with Crippen molar-refractivity contribution in [3.8, 4) is 12.3 Å². The zero-order valence-corrected chi connectivity index (χ0v) is 11.3. The van der Waals surface area contributed by atoms with E-state index in [-0.39, 0.29) is 5.82 Å². The predicted molar refractivity (Wildman–Crippen MR) is 76.0 cm³/mol. The van der Waals surface area contributed by atoms with Crippen molar-refractivity contribution < 1.29 is 4.39 Å². The molecule has 1 saturated heterocycles. The van der Waals surface area contributed by atoms with Crippen LogP contribution < -0.4 is 4.90 Å². The van der Waals surface area contributed by atoms with Crippen LogP contribution in [0.2, 0.25) is 0 Å². The summed E-state index contributed by atoms with van der Waals surface area (Å²) in [7, 11) is 0. The highest BCUT2D eigenvalue weighted by Gasteiger charge is 2.24. The number of anilines is 1. The van der Waals surface area contributed by atoms with Gasteiger partial charge in [0, 0.05) is 17.4 Å². The maximum Gasteiger partial charge on any atom is 0.140 e. The summed E-state index contributed by atoms with van der Waals surface area (Å²) in [5.41, 5.74) is 2.19. The van der Waals surface area contributed by atoms with Gasteiger partial charge in [0.1, 0.15) is 5.82 Å². The zero-order chi connectivity index (χ0) is 13.7. The molecule has 0 radical (unpaired) electrons. The molecule has 2 rings (SSSR count). The molecule has 96 valence electrons. The van der Waals surface area contributed by atoms with Crippen LogP contribution in [0.4, 0.5) is 10.1 Å². The first kappa shape index (κ1) is 14.3. The van der Waals surface area contributed by atoms with Gasteiger partial charge in [-0.15, -0.1) is 6.42 Å². The van der Waals surface area contributed by atoms with Gasteiger partial charge in [0.2, 0.25) is 0 Å². The average Bonchev–Trinajstić information content (AvgIpc) is 2.71. The molecule has 0 aliphatic carbocycles. The molecule has 2 heteroatoms. The van der Waals surface area contributed by atoms with E-state index >= 15 is 0 Å². The number of nitrogens with zero attached hydrogens (tertiary/aromatic N) is 1. The Morgan fingerprint density at radius 1 is 1.44 bits per heavy atom. The third-order valence-electron chi connectivity index (χ3n) is 3.02. The van der Waals surface area contributed by atoms with E-state index in [4.69, 9.17) is 6.42 Å². The lowest BCUT2D eigenvalue weighted by molar-refractivity contribution is 0.623. The van der Waals surface area contributed by atoms with E-state index in [9.17, 15) is 4.39 Å². The molecule has 18 heavy (non-hydrogen) atoms. The molecule has 0 spiro atoms. The lowest BCUT2D eigenvalue weighted by Crippen LogP contribution is -2.24. The molecule has 1 heterocycles. The van der Waals surface area contributed by atoms with E-state index in [0.29, 0.717) is 11.6 Å². The minimum Gasteiger partial charge on any atom is -0.343 e. The quantitative estimate of drug-likeness (QED) is 0.665. The lowest BCUT2D eigenvalue weighted by atomic mass is 10.1. The van der Waals surface area contributed by atoms with Crippen molar-refractivity contribution in [1.82, 2.24) is 0 Å². The normalized spacial score (nSPS) is 18.1. The number of terminal acetylenes is 1. The second-order valence-corrected chi connectivity index (χ2v) is 4.13. The SMILES string of the molecule is C#Cc1ccc(N2C(=C)CCC2C)cc1F.CC. The molecule has 0 bridgehead atoms. The molecule has 1 fully saturated rings. The van der Waals surface area contributed by atoms with Crippen molar-refractivity contribution in [2.24, 2.45) is 0 Å². The third kappa shape index (κ3) is 2.73. The molecule has 1 aliphatic rings. The summed E-state index contributed by atoms with van der Waals surface area (Å²) >= 11 is 0. The van der Waals surface area contributed by atoms with Gasteiger partial charge in [-0.05, 0) is 38.0 Å². The number of halogens is 1. The second-order valence-electron chi connectivity index (χ2n) is 4.13. The molecule has 1 aliphatic heterocycles. The molecule has 0 amide bonds. The zero-order valence-electron chi connectivity index (χ0n) is 11.3. The first-order valence-corrected chi connectivity index (χ1v) is 6.36. The summed E-state index contributed by atoms with van der Waals surface area (Å²) in [5, 5.41) is 0. The van der Waals surface area contributed by atoms with Crippen molar-refractivity contribution in [2.45, 2.75) is 39.7 Å². The van der Waals surface area contributed by atoms with Crippen LogP contribution in [0, 0.1) is 18.2 Å². The fraction of sp³-hybridized carbons (Fsp3) is 0.375. The van der Waals surface area contributed by atoms with Crippen LogP contribution in [0.25, 0.3) is 0 Å². The van der Waals surface area contributed by atoms with Crippen LogP contribution >= 0.6 is 0 Å². The van der Waals surface area contributed by atoms with Gasteiger partial charge < -0.3 is 4.90 Å². The second kappa shape index (κ2) is 6.26. The first-order valence-electron chi connectivity index (χ1n) is 6.36. The highest BCUT2D eigenvalue weighted by molar-refractivity contribution is 5.56. The Bertz CT molecular complexity index is 470. The Kier molecular flexibility index (Phi) is 4.97. The summed E-state index contributed by atoms with van der Waals surface area (Å²) in [6.45, 7) is 10.1. The average molecular weight is 245 g/mol. The van der Waals surface area contributed by atoms with Crippen LogP contribution in [0.3, 0.4) is 0 Å². The fourth-order valence-electron chi connectivity index (χ4n) is 2.14. The number of rotatable bonds is 1. The maximum absolute atomic E-state index is 13.6. The maximum atomic E-state index is 13.6. The summed E-state index contributed by atoms with van der Waals surface area (Å²) in [4.78, 5) is 2.07. The Labute approximate surface area is 109 Å². The number of allylic oxidation sites excluding steroid dienone is 1. The van der Waals surface area contributed by atoms with E-state index in [2.05, 4.69) is 24.3 Å². The topological polar surface area (TPSA) is 3.24 Å². The molecule has 0 aromatic heterocycles. The van der Waals surface area contributed by atoms with Gasteiger partial charge in [0.25, 0.3) is 0 Å². The van der Waals surface area contributed by atoms with E-state index < -0.39 is 0 Å². The third-order valence-corrected chi connectivity index (χ3v) is 3.02. The molecule has 1 aromatic rings. The molecule has 1 unspecified atom stereocenters. The van der Waals surface area contributed by atoms with Crippen molar-refractivity contribution in [3.05, 3.63) is 41.9 Å². The van der Waals surface area contributed by atoms with E-state index in [0.717, 1.165) is 24.2 Å². The largest absolute Gasteiger partial charge is 0.343 e. The highest BCUT2D eigenvalue weighted by atomic mass is 19.1. The van der Waals surface area contributed by atoms with Gasteiger partial charge in [-0.1, -0.05) is 26.3 Å². The number of benzene rings is 1. The fourth-order valence-corrected chi connectivity index (χ4v) is 2.14. The Morgan fingerprint density at radius 2 is 2.11 bits per heavy atom. The smallest absolute Gasteiger partial charge is 0.140 e. The van der Waals surface area contributed by atoms with Crippen molar-refractivity contribution in [3.63, 3.8) is 0 Å². The van der Waals surface area contributed by atoms with Crippen molar-refractivity contribution in [1.29, 1.82) is 0 Å². The molecule has 0 saturated carbocycles. The number of hydrogen-bond acceptors (Lipinski definition) is 1. The first-order chi connectivity index (χ1) is 8.63. The van der Waals surface area contributed by atoms with E-state index in [1.165, 1.54) is 6.07 Å². The molecular weight excluding hydrogens is 225 g/mol. The summed E-state index contributed by atoms with van der Waals surface area (Å²) in [6, 6.07) is 5.36. The molecule has 1 aromatic carbocycles. The van der Waals surface area contributed by atoms with Gasteiger partial charge in [-0.25, -0.2) is 4.39 Å². The lowest BCUT2D eigenvalue weighted by Gasteiger charge is -2.25. The molecular formula is C16H20FN. The van der Waals surface area contributed by atoms with Crippen LogP contribution in [0.1, 0.15) is 39.2 Å². The molecule has 0 N–H and O–H groups in total. The van der Waals surface area contributed by atoms with Gasteiger partial charge in [0.15, 0.2) is 0 Å². The highest BCUT2D eigenvalue weighted by Crippen LogP contribution is 2.32. The molecule has 1 atom stereocenters. The Morgan fingerprint density at radius 3 is 2.56 bits per heavy atom. The van der Waals surface area contributed by atoms with Gasteiger partial charge in [-0.3, -0.25) is 0 Å². The van der Waals surface area contributed by atoms with Crippen molar-refractivity contribution >= 4 is 5.69 Å². The summed E-state index contributed by atoms with van der Waals surface area (Å²) in [5.74, 6) is 1.98. The minimum absolute atomic E-state index is 0.307. The minimum atomic E-state index is -0.341.